The number of hydrogen-bond acceptors (Lipinski definition) is 2. The van der Waals surface area contributed by atoms with Crippen LogP contribution in [0.2, 0.25) is 5.02 Å². The van der Waals surface area contributed by atoms with Crippen LogP contribution in [-0.4, -0.2) is 17.6 Å². The van der Waals surface area contributed by atoms with Crippen molar-refractivity contribution in [1.82, 2.24) is 0 Å². The Hall–Kier alpha value is -1.22. The number of carboxylic acids is 1. The molecule has 0 amide bonds. The summed E-state index contributed by atoms with van der Waals surface area (Å²) in [5.74, 6) is -0.925. The van der Waals surface area contributed by atoms with Crippen molar-refractivity contribution in [1.29, 1.82) is 0 Å². The molecule has 1 aromatic carbocycles. The van der Waals surface area contributed by atoms with Crippen molar-refractivity contribution in [3.63, 3.8) is 0 Å². The highest BCUT2D eigenvalue weighted by atomic mass is 35.5. The number of benzene rings is 1. The summed E-state index contributed by atoms with van der Waals surface area (Å²) in [6.45, 7) is 2.99. The monoisotopic (exact) mass is 253 g/mol. The molecule has 0 atom stereocenters. The Morgan fingerprint density at radius 2 is 2.24 bits per heavy atom. The summed E-state index contributed by atoms with van der Waals surface area (Å²) in [5.41, 5.74) is 1.27. The summed E-state index contributed by atoms with van der Waals surface area (Å²) >= 11 is 5.89. The van der Waals surface area contributed by atoms with E-state index in [9.17, 15) is 4.79 Å². The SMILES string of the molecule is CCC1(CNc2cc(Cl)ccc2C(=O)O)CC1. The molecule has 0 unspecified atom stereocenters. The average Bonchev–Trinajstić information content (AvgIpc) is 3.07. The van der Waals surface area contributed by atoms with Gasteiger partial charge in [-0.3, -0.25) is 0 Å². The zero-order valence-electron chi connectivity index (χ0n) is 9.79. The van der Waals surface area contributed by atoms with Gasteiger partial charge in [0.1, 0.15) is 0 Å². The van der Waals surface area contributed by atoms with Gasteiger partial charge in [-0.2, -0.15) is 0 Å². The molecule has 1 aliphatic rings. The maximum atomic E-state index is 11.1. The van der Waals surface area contributed by atoms with Crippen LogP contribution in [0, 0.1) is 5.41 Å². The second-order valence-corrected chi connectivity index (χ2v) is 5.14. The topological polar surface area (TPSA) is 49.3 Å². The van der Waals surface area contributed by atoms with Gasteiger partial charge in [-0.05, 0) is 42.9 Å². The van der Waals surface area contributed by atoms with Crippen LogP contribution in [0.25, 0.3) is 0 Å². The lowest BCUT2D eigenvalue weighted by Crippen LogP contribution is -2.16. The first-order valence-corrected chi connectivity index (χ1v) is 6.21. The Morgan fingerprint density at radius 3 is 2.76 bits per heavy atom. The molecule has 0 aliphatic heterocycles. The van der Waals surface area contributed by atoms with Gasteiger partial charge >= 0.3 is 5.97 Å². The van der Waals surface area contributed by atoms with E-state index in [0.717, 1.165) is 13.0 Å². The van der Waals surface area contributed by atoms with Gasteiger partial charge in [-0.15, -0.1) is 0 Å². The lowest BCUT2D eigenvalue weighted by atomic mass is 10.0. The third-order valence-electron chi connectivity index (χ3n) is 3.57. The Labute approximate surface area is 106 Å². The maximum absolute atomic E-state index is 11.1. The highest BCUT2D eigenvalue weighted by Gasteiger charge is 2.40. The van der Waals surface area contributed by atoms with Gasteiger partial charge in [0.15, 0.2) is 0 Å². The smallest absolute Gasteiger partial charge is 0.337 e. The third-order valence-corrected chi connectivity index (χ3v) is 3.81. The molecule has 0 bridgehead atoms. The lowest BCUT2D eigenvalue weighted by molar-refractivity contribution is 0.0698. The minimum absolute atomic E-state index is 0.279. The fraction of sp³-hybridized carbons (Fsp3) is 0.462. The molecule has 17 heavy (non-hydrogen) atoms. The number of nitrogens with one attached hydrogen (secondary N) is 1. The van der Waals surface area contributed by atoms with Gasteiger partial charge in [0.05, 0.1) is 11.3 Å². The predicted molar refractivity (Wildman–Crippen MR) is 68.9 cm³/mol. The summed E-state index contributed by atoms with van der Waals surface area (Å²) in [6.07, 6.45) is 3.57. The fourth-order valence-corrected chi connectivity index (χ4v) is 2.14. The first-order valence-electron chi connectivity index (χ1n) is 5.83. The molecule has 0 radical (unpaired) electrons. The minimum atomic E-state index is -0.925. The van der Waals surface area contributed by atoms with E-state index < -0.39 is 5.97 Å². The van der Waals surface area contributed by atoms with Crippen LogP contribution in [0.1, 0.15) is 36.5 Å². The summed E-state index contributed by atoms with van der Waals surface area (Å²) in [7, 11) is 0. The number of aromatic carboxylic acids is 1. The van der Waals surface area contributed by atoms with Crippen molar-refractivity contribution in [3.8, 4) is 0 Å². The van der Waals surface area contributed by atoms with E-state index >= 15 is 0 Å². The molecule has 1 saturated carbocycles. The van der Waals surface area contributed by atoms with Crippen LogP contribution >= 0.6 is 11.6 Å². The Kier molecular flexibility index (Phi) is 3.29. The van der Waals surface area contributed by atoms with Gasteiger partial charge in [-0.25, -0.2) is 4.79 Å². The standard InChI is InChI=1S/C13H16ClNO2/c1-2-13(5-6-13)8-15-11-7-9(14)3-4-10(11)12(16)17/h3-4,7,15H,2,5-6,8H2,1H3,(H,16,17). The predicted octanol–water partition coefficient (Wildman–Crippen LogP) is 3.64. The van der Waals surface area contributed by atoms with Gasteiger partial charge < -0.3 is 10.4 Å². The second-order valence-electron chi connectivity index (χ2n) is 4.70. The van der Waals surface area contributed by atoms with Crippen LogP contribution in [0.5, 0.6) is 0 Å². The van der Waals surface area contributed by atoms with Crippen molar-refractivity contribution in [3.05, 3.63) is 28.8 Å². The van der Waals surface area contributed by atoms with Gasteiger partial charge in [-0.1, -0.05) is 18.5 Å². The first-order chi connectivity index (χ1) is 8.06. The number of carbonyl (C=O) groups is 1. The molecule has 2 N–H and O–H groups in total. The highest BCUT2D eigenvalue weighted by Crippen LogP contribution is 2.48. The Balaban J connectivity index is 2.13. The van der Waals surface area contributed by atoms with E-state index in [1.807, 2.05) is 0 Å². The number of carboxylic acid groups (broad SMARTS) is 1. The van der Waals surface area contributed by atoms with Crippen LogP contribution in [-0.2, 0) is 0 Å². The molecular formula is C13H16ClNO2. The molecule has 2 rings (SSSR count). The normalized spacial score (nSPS) is 16.6. The molecular weight excluding hydrogens is 238 g/mol. The quantitative estimate of drug-likeness (QED) is 0.842. The molecule has 1 aliphatic carbocycles. The molecule has 3 nitrogen and oxygen atoms in total. The number of hydrogen-bond donors (Lipinski definition) is 2. The first kappa shape index (κ1) is 12.2. The zero-order valence-corrected chi connectivity index (χ0v) is 10.5. The van der Waals surface area contributed by atoms with E-state index in [2.05, 4.69) is 12.2 Å². The van der Waals surface area contributed by atoms with Crippen molar-refractivity contribution in [2.24, 2.45) is 5.41 Å². The van der Waals surface area contributed by atoms with E-state index in [1.54, 1.807) is 18.2 Å². The Bertz CT molecular complexity index is 441. The number of anilines is 1. The third kappa shape index (κ3) is 2.72. The van der Waals surface area contributed by atoms with E-state index in [0.29, 0.717) is 16.1 Å². The summed E-state index contributed by atoms with van der Waals surface area (Å²) < 4.78 is 0. The van der Waals surface area contributed by atoms with Crippen molar-refractivity contribution in [2.75, 3.05) is 11.9 Å². The molecule has 0 aromatic heterocycles. The van der Waals surface area contributed by atoms with Gasteiger partial charge in [0, 0.05) is 11.6 Å². The lowest BCUT2D eigenvalue weighted by Gasteiger charge is -2.16. The largest absolute Gasteiger partial charge is 0.478 e. The van der Waals surface area contributed by atoms with Gasteiger partial charge in [0.2, 0.25) is 0 Å². The van der Waals surface area contributed by atoms with Crippen LogP contribution in [0.4, 0.5) is 5.69 Å². The summed E-state index contributed by atoms with van der Waals surface area (Å²) in [4.78, 5) is 11.1. The van der Waals surface area contributed by atoms with E-state index in [1.165, 1.54) is 12.8 Å². The fourth-order valence-electron chi connectivity index (χ4n) is 1.96. The molecule has 0 heterocycles. The van der Waals surface area contributed by atoms with Gasteiger partial charge in [0.25, 0.3) is 0 Å². The zero-order chi connectivity index (χ0) is 12.5. The maximum Gasteiger partial charge on any atom is 0.337 e. The van der Waals surface area contributed by atoms with Crippen LogP contribution < -0.4 is 5.32 Å². The van der Waals surface area contributed by atoms with Crippen LogP contribution in [0.3, 0.4) is 0 Å². The average molecular weight is 254 g/mol. The van der Waals surface area contributed by atoms with Crippen LogP contribution in [0.15, 0.2) is 18.2 Å². The van der Waals surface area contributed by atoms with E-state index in [-0.39, 0.29) is 5.56 Å². The molecule has 4 heteroatoms. The minimum Gasteiger partial charge on any atom is -0.478 e. The summed E-state index contributed by atoms with van der Waals surface area (Å²) in [5, 5.41) is 12.9. The Morgan fingerprint density at radius 1 is 1.53 bits per heavy atom. The summed E-state index contributed by atoms with van der Waals surface area (Å²) in [6, 6.07) is 4.82. The van der Waals surface area contributed by atoms with Crippen molar-refractivity contribution >= 4 is 23.3 Å². The molecule has 92 valence electrons. The number of halogens is 1. The van der Waals surface area contributed by atoms with Crippen molar-refractivity contribution < 1.29 is 9.90 Å². The molecule has 0 spiro atoms. The highest BCUT2D eigenvalue weighted by molar-refractivity contribution is 6.31. The molecule has 1 aromatic rings. The molecule has 1 fully saturated rings. The van der Waals surface area contributed by atoms with Crippen molar-refractivity contribution in [2.45, 2.75) is 26.2 Å². The molecule has 0 saturated heterocycles. The van der Waals surface area contributed by atoms with E-state index in [4.69, 9.17) is 16.7 Å². The number of rotatable bonds is 5. The second kappa shape index (κ2) is 4.57.